The third-order valence-electron chi connectivity index (χ3n) is 2.14. The first-order valence-electron chi connectivity index (χ1n) is 4.48. The molecule has 0 bridgehead atoms. The van der Waals surface area contributed by atoms with E-state index in [1.165, 1.54) is 4.80 Å². The SMILES string of the molecule is CC(C)(C#N)n1nc2cccc(Cl)c2n1. The van der Waals surface area contributed by atoms with Gasteiger partial charge in [0.2, 0.25) is 0 Å². The van der Waals surface area contributed by atoms with Crippen LogP contribution in [0.25, 0.3) is 11.0 Å². The molecule has 0 saturated heterocycles. The van der Waals surface area contributed by atoms with Crippen LogP contribution in [0.2, 0.25) is 5.02 Å². The molecule has 1 heterocycles. The van der Waals surface area contributed by atoms with E-state index in [1.54, 1.807) is 19.9 Å². The highest BCUT2D eigenvalue weighted by molar-refractivity contribution is 6.34. The maximum absolute atomic E-state index is 8.96. The van der Waals surface area contributed by atoms with Crippen molar-refractivity contribution in [2.24, 2.45) is 0 Å². The predicted molar refractivity (Wildman–Crippen MR) is 57.5 cm³/mol. The van der Waals surface area contributed by atoms with E-state index < -0.39 is 5.54 Å². The highest BCUT2D eigenvalue weighted by atomic mass is 35.5. The first-order valence-corrected chi connectivity index (χ1v) is 4.86. The Hall–Kier alpha value is -1.60. The van der Waals surface area contributed by atoms with Crippen LogP contribution < -0.4 is 0 Å². The molecule has 2 aromatic rings. The van der Waals surface area contributed by atoms with Gasteiger partial charge in [-0.15, -0.1) is 0 Å². The van der Waals surface area contributed by atoms with Crippen molar-refractivity contribution in [2.45, 2.75) is 19.4 Å². The van der Waals surface area contributed by atoms with Crippen LogP contribution in [-0.2, 0) is 5.54 Å². The molecular weight excluding hydrogens is 212 g/mol. The van der Waals surface area contributed by atoms with Crippen LogP contribution >= 0.6 is 11.6 Å². The second-order valence-corrected chi connectivity index (χ2v) is 4.18. The van der Waals surface area contributed by atoms with Gasteiger partial charge in [-0.2, -0.15) is 20.3 Å². The van der Waals surface area contributed by atoms with Crippen molar-refractivity contribution in [3.8, 4) is 6.07 Å². The molecule has 76 valence electrons. The Morgan fingerprint density at radius 2 is 2.13 bits per heavy atom. The lowest BCUT2D eigenvalue weighted by Gasteiger charge is -2.12. The van der Waals surface area contributed by atoms with Crippen LogP contribution in [0.1, 0.15) is 13.8 Å². The molecule has 1 aromatic carbocycles. The Kier molecular flexibility index (Phi) is 2.13. The summed E-state index contributed by atoms with van der Waals surface area (Å²) in [4.78, 5) is 1.39. The van der Waals surface area contributed by atoms with Gasteiger partial charge in [0.25, 0.3) is 0 Å². The molecule has 1 aromatic heterocycles. The first-order chi connectivity index (χ1) is 7.04. The third-order valence-corrected chi connectivity index (χ3v) is 2.44. The fourth-order valence-corrected chi connectivity index (χ4v) is 1.40. The van der Waals surface area contributed by atoms with Crippen molar-refractivity contribution < 1.29 is 0 Å². The molecule has 0 radical (unpaired) electrons. The number of hydrogen-bond donors (Lipinski definition) is 0. The Bertz CT molecular complexity index is 550. The van der Waals surface area contributed by atoms with Crippen LogP contribution in [0.3, 0.4) is 0 Å². The van der Waals surface area contributed by atoms with Crippen molar-refractivity contribution in [2.75, 3.05) is 0 Å². The molecule has 0 saturated carbocycles. The van der Waals surface area contributed by atoms with Crippen molar-refractivity contribution in [1.29, 1.82) is 5.26 Å². The summed E-state index contributed by atoms with van der Waals surface area (Å²) in [7, 11) is 0. The van der Waals surface area contributed by atoms with E-state index in [9.17, 15) is 0 Å². The minimum Gasteiger partial charge on any atom is -0.196 e. The maximum atomic E-state index is 8.96. The molecule has 0 N–H and O–H groups in total. The Balaban J connectivity index is 2.68. The fraction of sp³-hybridized carbons (Fsp3) is 0.300. The largest absolute Gasteiger partial charge is 0.196 e. The smallest absolute Gasteiger partial charge is 0.162 e. The lowest BCUT2D eigenvalue weighted by molar-refractivity contribution is 0.372. The molecule has 0 unspecified atom stereocenters. The van der Waals surface area contributed by atoms with Crippen molar-refractivity contribution in [1.82, 2.24) is 15.0 Å². The van der Waals surface area contributed by atoms with Crippen LogP contribution in [0.15, 0.2) is 18.2 Å². The molecule has 0 atom stereocenters. The van der Waals surface area contributed by atoms with E-state index in [1.807, 2.05) is 12.1 Å². The van der Waals surface area contributed by atoms with E-state index in [-0.39, 0.29) is 0 Å². The van der Waals surface area contributed by atoms with Gasteiger partial charge in [0.15, 0.2) is 5.54 Å². The summed E-state index contributed by atoms with van der Waals surface area (Å²) in [6.07, 6.45) is 0. The van der Waals surface area contributed by atoms with Gasteiger partial charge in [0.1, 0.15) is 11.0 Å². The Morgan fingerprint density at radius 3 is 2.73 bits per heavy atom. The molecule has 0 spiro atoms. The number of halogens is 1. The van der Waals surface area contributed by atoms with Gasteiger partial charge < -0.3 is 0 Å². The summed E-state index contributed by atoms with van der Waals surface area (Å²) in [5, 5.41) is 17.9. The van der Waals surface area contributed by atoms with Gasteiger partial charge in [0, 0.05) is 0 Å². The summed E-state index contributed by atoms with van der Waals surface area (Å²) in [5.74, 6) is 0. The number of hydrogen-bond acceptors (Lipinski definition) is 3. The minimum absolute atomic E-state index is 0.549. The normalized spacial score (nSPS) is 11.6. The zero-order valence-corrected chi connectivity index (χ0v) is 9.15. The van der Waals surface area contributed by atoms with Crippen molar-refractivity contribution >= 4 is 22.6 Å². The van der Waals surface area contributed by atoms with Crippen LogP contribution in [0, 0.1) is 11.3 Å². The van der Waals surface area contributed by atoms with Crippen LogP contribution in [0.4, 0.5) is 0 Å². The molecule has 0 aliphatic rings. The monoisotopic (exact) mass is 220 g/mol. The van der Waals surface area contributed by atoms with Crippen molar-refractivity contribution in [3.05, 3.63) is 23.2 Å². The minimum atomic E-state index is -0.762. The average Bonchev–Trinajstić information content (AvgIpc) is 2.64. The van der Waals surface area contributed by atoms with Gasteiger partial charge in [-0.05, 0) is 26.0 Å². The quantitative estimate of drug-likeness (QED) is 0.741. The molecule has 15 heavy (non-hydrogen) atoms. The van der Waals surface area contributed by atoms with E-state index in [4.69, 9.17) is 16.9 Å². The van der Waals surface area contributed by atoms with Crippen LogP contribution in [0.5, 0.6) is 0 Å². The van der Waals surface area contributed by atoms with E-state index in [2.05, 4.69) is 16.3 Å². The number of nitrogens with zero attached hydrogens (tertiary/aromatic N) is 4. The zero-order valence-electron chi connectivity index (χ0n) is 8.40. The summed E-state index contributed by atoms with van der Waals surface area (Å²) in [6, 6.07) is 7.51. The van der Waals surface area contributed by atoms with Gasteiger partial charge in [-0.1, -0.05) is 17.7 Å². The highest BCUT2D eigenvalue weighted by Crippen LogP contribution is 2.21. The van der Waals surface area contributed by atoms with Gasteiger partial charge in [-0.25, -0.2) is 0 Å². The number of rotatable bonds is 1. The van der Waals surface area contributed by atoms with Gasteiger partial charge >= 0.3 is 0 Å². The summed E-state index contributed by atoms with van der Waals surface area (Å²) >= 11 is 5.96. The number of aromatic nitrogens is 3. The number of fused-ring (bicyclic) bond motifs is 1. The molecular formula is C10H9ClN4. The Labute approximate surface area is 92.1 Å². The first kappa shape index (κ1) is 9.94. The van der Waals surface area contributed by atoms with E-state index in [0.717, 1.165) is 0 Å². The lowest BCUT2D eigenvalue weighted by Crippen LogP contribution is -2.26. The van der Waals surface area contributed by atoms with Gasteiger partial charge in [0.05, 0.1) is 11.1 Å². The number of nitriles is 1. The topological polar surface area (TPSA) is 54.5 Å². The molecule has 0 amide bonds. The second-order valence-electron chi connectivity index (χ2n) is 3.77. The average molecular weight is 221 g/mol. The molecule has 4 nitrogen and oxygen atoms in total. The van der Waals surface area contributed by atoms with E-state index >= 15 is 0 Å². The fourth-order valence-electron chi connectivity index (χ4n) is 1.20. The summed E-state index contributed by atoms with van der Waals surface area (Å²) < 4.78 is 0. The van der Waals surface area contributed by atoms with E-state index in [0.29, 0.717) is 16.1 Å². The summed E-state index contributed by atoms with van der Waals surface area (Å²) in [5.41, 5.74) is 0.566. The molecule has 0 fully saturated rings. The maximum Gasteiger partial charge on any atom is 0.162 e. The lowest BCUT2D eigenvalue weighted by atomic mass is 10.1. The van der Waals surface area contributed by atoms with Crippen LogP contribution in [-0.4, -0.2) is 15.0 Å². The zero-order chi connectivity index (χ0) is 11.1. The second kappa shape index (κ2) is 3.21. The predicted octanol–water partition coefficient (Wildman–Crippen LogP) is 2.34. The molecule has 0 aliphatic heterocycles. The van der Waals surface area contributed by atoms with Crippen molar-refractivity contribution in [3.63, 3.8) is 0 Å². The standard InChI is InChI=1S/C10H9ClN4/c1-10(2,6-12)15-13-8-5-3-4-7(11)9(8)14-15/h3-5H,1-2H3. The third kappa shape index (κ3) is 1.55. The molecule has 0 aliphatic carbocycles. The highest BCUT2D eigenvalue weighted by Gasteiger charge is 2.22. The summed E-state index contributed by atoms with van der Waals surface area (Å²) in [6.45, 7) is 3.50. The molecule has 5 heteroatoms. The molecule has 2 rings (SSSR count). The van der Waals surface area contributed by atoms with Gasteiger partial charge in [-0.3, -0.25) is 0 Å². The Morgan fingerprint density at radius 1 is 1.40 bits per heavy atom. The number of benzene rings is 1.